The van der Waals surface area contributed by atoms with E-state index in [0.29, 0.717) is 41.7 Å². The number of thiazole rings is 1. The van der Waals surface area contributed by atoms with Gasteiger partial charge in [0.05, 0.1) is 33.5 Å². The van der Waals surface area contributed by atoms with E-state index in [1.807, 2.05) is 0 Å². The predicted molar refractivity (Wildman–Crippen MR) is 140 cm³/mol. The summed E-state index contributed by atoms with van der Waals surface area (Å²) >= 11 is 1.25. The summed E-state index contributed by atoms with van der Waals surface area (Å²) in [6, 6.07) is 13.1. The number of nitrogens with zero attached hydrogens (tertiary/aromatic N) is 3. The molecule has 3 aromatic rings. The molecule has 194 valence electrons. The Morgan fingerprint density at radius 2 is 1.78 bits per heavy atom. The van der Waals surface area contributed by atoms with Crippen LogP contribution in [0.5, 0.6) is 0 Å². The molecule has 1 saturated heterocycles. The molecule has 12 heteroatoms. The number of hydrogen-bond acceptors (Lipinski definition) is 9. The van der Waals surface area contributed by atoms with Gasteiger partial charge in [0, 0.05) is 38.9 Å². The SMILES string of the molecule is CS(=O)(=O)c1cccc2sc(N(CCN3CCOCC3)C(=O)CCCS(=O)(=O)c3ccccc3)nc12. The third-order valence-electron chi connectivity index (χ3n) is 5.95. The molecule has 36 heavy (non-hydrogen) atoms. The number of morpholine rings is 1. The number of hydrogen-bond donors (Lipinski definition) is 0. The molecule has 2 aromatic carbocycles. The van der Waals surface area contributed by atoms with Gasteiger partial charge < -0.3 is 4.74 Å². The zero-order chi connectivity index (χ0) is 25.8. The highest BCUT2D eigenvalue weighted by molar-refractivity contribution is 7.91. The fraction of sp³-hybridized carbons (Fsp3) is 0.417. The van der Waals surface area contributed by atoms with Gasteiger partial charge in [-0.15, -0.1) is 0 Å². The van der Waals surface area contributed by atoms with Crippen molar-refractivity contribution in [2.75, 3.05) is 56.3 Å². The third kappa shape index (κ3) is 6.48. The molecule has 1 amide bonds. The number of sulfone groups is 2. The standard InChI is InChI=1S/C24H29N3O6S3/c1-35(29,30)21-10-5-9-20-23(21)25-24(34-20)27(13-12-26-14-16-33-17-15-26)22(28)11-6-18-36(31,32)19-7-3-2-4-8-19/h2-5,7-10H,6,11-18H2,1H3. The minimum Gasteiger partial charge on any atom is -0.379 e. The van der Waals surface area contributed by atoms with Gasteiger partial charge in [0.25, 0.3) is 0 Å². The van der Waals surface area contributed by atoms with Crippen LogP contribution >= 0.6 is 11.3 Å². The van der Waals surface area contributed by atoms with E-state index in [4.69, 9.17) is 4.74 Å². The van der Waals surface area contributed by atoms with Crippen molar-refractivity contribution in [1.29, 1.82) is 0 Å². The highest BCUT2D eigenvalue weighted by Crippen LogP contribution is 2.33. The molecular weight excluding hydrogens is 522 g/mol. The Balaban J connectivity index is 1.54. The second-order valence-electron chi connectivity index (χ2n) is 8.61. The van der Waals surface area contributed by atoms with Crippen molar-refractivity contribution in [3.05, 3.63) is 48.5 Å². The highest BCUT2D eigenvalue weighted by Gasteiger charge is 2.24. The van der Waals surface area contributed by atoms with E-state index in [2.05, 4.69) is 9.88 Å². The molecule has 0 N–H and O–H groups in total. The van der Waals surface area contributed by atoms with E-state index < -0.39 is 19.7 Å². The first-order chi connectivity index (χ1) is 17.1. The minimum atomic E-state index is -3.50. The lowest BCUT2D eigenvalue weighted by Gasteiger charge is -2.29. The molecule has 0 bridgehead atoms. The van der Waals surface area contributed by atoms with Crippen LogP contribution in [-0.2, 0) is 29.2 Å². The smallest absolute Gasteiger partial charge is 0.228 e. The molecule has 1 aromatic heterocycles. The first kappa shape index (κ1) is 26.7. The summed E-state index contributed by atoms with van der Waals surface area (Å²) < 4.78 is 55.8. The maximum Gasteiger partial charge on any atom is 0.228 e. The molecule has 1 fully saturated rings. The van der Waals surface area contributed by atoms with Gasteiger partial charge >= 0.3 is 0 Å². The Hall–Kier alpha value is -2.38. The zero-order valence-corrected chi connectivity index (χ0v) is 22.4. The molecule has 2 heterocycles. The molecule has 4 rings (SSSR count). The number of carbonyl (C=O) groups excluding carboxylic acids is 1. The second kappa shape index (κ2) is 11.3. The van der Waals surface area contributed by atoms with Crippen molar-refractivity contribution in [3.63, 3.8) is 0 Å². The van der Waals surface area contributed by atoms with Crippen LogP contribution in [0, 0.1) is 0 Å². The summed E-state index contributed by atoms with van der Waals surface area (Å²) in [7, 11) is -6.99. The van der Waals surface area contributed by atoms with E-state index in [1.165, 1.54) is 17.4 Å². The second-order valence-corrected chi connectivity index (χ2v) is 13.7. The zero-order valence-electron chi connectivity index (χ0n) is 20.0. The summed E-state index contributed by atoms with van der Waals surface area (Å²) in [4.78, 5) is 22.0. The lowest BCUT2D eigenvalue weighted by Crippen LogP contribution is -2.43. The van der Waals surface area contributed by atoms with E-state index in [9.17, 15) is 21.6 Å². The van der Waals surface area contributed by atoms with Gasteiger partial charge in [-0.05, 0) is 30.7 Å². The number of amides is 1. The molecule has 9 nitrogen and oxygen atoms in total. The fourth-order valence-electron chi connectivity index (χ4n) is 4.01. The van der Waals surface area contributed by atoms with E-state index in [1.54, 1.807) is 47.4 Å². The van der Waals surface area contributed by atoms with Crippen LogP contribution < -0.4 is 4.90 Å². The van der Waals surface area contributed by atoms with Crippen LogP contribution in [0.25, 0.3) is 10.2 Å². The maximum absolute atomic E-state index is 13.3. The van der Waals surface area contributed by atoms with Gasteiger partial charge in [0.2, 0.25) is 5.91 Å². The van der Waals surface area contributed by atoms with E-state index >= 15 is 0 Å². The molecular formula is C24H29N3O6S3. The Bertz CT molecular complexity index is 1420. The molecule has 0 saturated carbocycles. The van der Waals surface area contributed by atoms with Crippen LogP contribution in [0.2, 0.25) is 0 Å². The van der Waals surface area contributed by atoms with Gasteiger partial charge in [0.15, 0.2) is 24.8 Å². The van der Waals surface area contributed by atoms with Crippen molar-refractivity contribution in [2.45, 2.75) is 22.6 Å². The van der Waals surface area contributed by atoms with Crippen molar-refractivity contribution in [1.82, 2.24) is 9.88 Å². The van der Waals surface area contributed by atoms with Gasteiger partial charge in [-0.2, -0.15) is 0 Å². The van der Waals surface area contributed by atoms with E-state index in [-0.39, 0.29) is 34.3 Å². The number of anilines is 1. The Labute approximate surface area is 215 Å². The Morgan fingerprint density at radius 3 is 2.47 bits per heavy atom. The van der Waals surface area contributed by atoms with Gasteiger partial charge in [-0.1, -0.05) is 35.6 Å². The number of para-hydroxylation sites is 1. The normalized spacial score (nSPS) is 15.2. The van der Waals surface area contributed by atoms with Crippen LogP contribution in [0.1, 0.15) is 12.8 Å². The minimum absolute atomic E-state index is 0.0318. The van der Waals surface area contributed by atoms with Crippen molar-refractivity contribution in [2.24, 2.45) is 0 Å². The quantitative estimate of drug-likeness (QED) is 0.378. The summed E-state index contributed by atoms with van der Waals surface area (Å²) in [5.74, 6) is -0.385. The molecule has 1 aliphatic heterocycles. The first-order valence-corrected chi connectivity index (χ1v) is 16.0. The van der Waals surface area contributed by atoms with E-state index in [0.717, 1.165) is 19.3 Å². The number of carbonyl (C=O) groups is 1. The lowest BCUT2D eigenvalue weighted by atomic mass is 10.3. The van der Waals surface area contributed by atoms with Crippen LogP contribution in [-0.4, -0.2) is 84.0 Å². The highest BCUT2D eigenvalue weighted by atomic mass is 32.2. The number of rotatable bonds is 10. The fourth-order valence-corrected chi connectivity index (χ4v) is 7.28. The lowest BCUT2D eigenvalue weighted by molar-refractivity contribution is -0.118. The molecule has 0 aliphatic carbocycles. The largest absolute Gasteiger partial charge is 0.379 e. The molecule has 0 atom stereocenters. The summed E-state index contributed by atoms with van der Waals surface area (Å²) in [6.07, 6.45) is 1.34. The maximum atomic E-state index is 13.3. The molecule has 0 radical (unpaired) electrons. The van der Waals surface area contributed by atoms with Gasteiger partial charge in [-0.3, -0.25) is 14.6 Å². The number of fused-ring (bicyclic) bond motifs is 1. The summed E-state index contributed by atoms with van der Waals surface area (Å²) in [5.41, 5.74) is 0.343. The van der Waals surface area contributed by atoms with Crippen molar-refractivity contribution < 1.29 is 26.4 Å². The Kier molecular flexibility index (Phi) is 8.41. The van der Waals surface area contributed by atoms with Crippen LogP contribution in [0.15, 0.2) is 58.3 Å². The molecule has 0 unspecified atom stereocenters. The monoisotopic (exact) mass is 551 g/mol. The van der Waals surface area contributed by atoms with Crippen molar-refractivity contribution in [3.8, 4) is 0 Å². The third-order valence-corrected chi connectivity index (χ3v) is 9.94. The van der Waals surface area contributed by atoms with Crippen molar-refractivity contribution >= 4 is 52.3 Å². The summed E-state index contributed by atoms with van der Waals surface area (Å²) in [6.45, 7) is 3.74. The van der Waals surface area contributed by atoms with Gasteiger partial charge in [0.1, 0.15) is 5.52 Å². The topological polar surface area (TPSA) is 114 Å². The average molecular weight is 552 g/mol. The average Bonchev–Trinajstić information content (AvgIpc) is 3.28. The summed E-state index contributed by atoms with van der Waals surface area (Å²) in [5, 5.41) is 0.408. The van der Waals surface area contributed by atoms with Crippen LogP contribution in [0.4, 0.5) is 5.13 Å². The molecule has 0 spiro atoms. The van der Waals surface area contributed by atoms with Crippen LogP contribution in [0.3, 0.4) is 0 Å². The number of aromatic nitrogens is 1. The first-order valence-electron chi connectivity index (χ1n) is 11.6. The predicted octanol–water partition coefficient (Wildman–Crippen LogP) is 2.62. The number of benzene rings is 2. The number of ether oxygens (including phenoxy) is 1. The Morgan fingerprint density at radius 1 is 1.06 bits per heavy atom. The molecule has 1 aliphatic rings. The van der Waals surface area contributed by atoms with Gasteiger partial charge in [-0.25, -0.2) is 21.8 Å².